The van der Waals surface area contributed by atoms with Crippen LogP contribution in [-0.4, -0.2) is 30.3 Å². The number of carbonyl (C=O) groups excluding carboxylic acids is 3. The molecule has 1 N–H and O–H groups in total. The number of carbonyl (C=O) groups is 3. The first-order chi connectivity index (χ1) is 10.2. The number of ether oxygens (including phenoxy) is 1. The van der Waals surface area contributed by atoms with Crippen LogP contribution in [0.5, 0.6) is 0 Å². The summed E-state index contributed by atoms with van der Waals surface area (Å²) in [6, 6.07) is 5.31. The van der Waals surface area contributed by atoms with Gasteiger partial charge < -0.3 is 10.1 Å². The van der Waals surface area contributed by atoms with Gasteiger partial charge in [0, 0.05) is 17.5 Å². The molecule has 22 heavy (non-hydrogen) atoms. The second-order valence-corrected chi connectivity index (χ2v) is 5.88. The Morgan fingerprint density at radius 3 is 2.23 bits per heavy atom. The summed E-state index contributed by atoms with van der Waals surface area (Å²) >= 11 is 5.81. The van der Waals surface area contributed by atoms with Crippen molar-refractivity contribution in [1.29, 1.82) is 0 Å². The third-order valence-electron chi connectivity index (χ3n) is 3.28. The highest BCUT2D eigenvalue weighted by Gasteiger charge is 2.43. The number of hydrogen-bond acceptors (Lipinski definition) is 4. The van der Waals surface area contributed by atoms with E-state index in [4.69, 9.17) is 16.3 Å². The van der Waals surface area contributed by atoms with Crippen LogP contribution >= 0.6 is 11.6 Å². The molecule has 5 nitrogen and oxygen atoms in total. The summed E-state index contributed by atoms with van der Waals surface area (Å²) in [4.78, 5) is 36.2. The first kappa shape index (κ1) is 18.2. The standard InChI is InChI=1S/C16H20ClNO4/c1-5-22-15(21)13(18-10(2)19)16(3,4)14(20)11-6-8-12(17)9-7-11/h6-9,13H,5H2,1-4H3,(H,18,19)/t13-/m0/s1. The van der Waals surface area contributed by atoms with Crippen LogP contribution in [-0.2, 0) is 14.3 Å². The molecule has 1 atom stereocenters. The van der Waals surface area contributed by atoms with Crippen LogP contribution in [0.1, 0.15) is 38.1 Å². The molecule has 0 aliphatic carbocycles. The van der Waals surface area contributed by atoms with Crippen LogP contribution in [0, 0.1) is 5.41 Å². The molecule has 1 aromatic rings. The van der Waals surface area contributed by atoms with Gasteiger partial charge in [-0.25, -0.2) is 4.79 Å². The lowest BCUT2D eigenvalue weighted by atomic mass is 9.77. The molecule has 0 saturated carbocycles. The lowest BCUT2D eigenvalue weighted by Crippen LogP contribution is -2.53. The Bertz CT molecular complexity index is 566. The van der Waals surface area contributed by atoms with E-state index >= 15 is 0 Å². The maximum absolute atomic E-state index is 12.7. The van der Waals surface area contributed by atoms with Crippen molar-refractivity contribution >= 4 is 29.3 Å². The van der Waals surface area contributed by atoms with Gasteiger partial charge in [0.1, 0.15) is 6.04 Å². The summed E-state index contributed by atoms with van der Waals surface area (Å²) in [5.41, 5.74) is -0.750. The van der Waals surface area contributed by atoms with Gasteiger partial charge in [-0.15, -0.1) is 0 Å². The zero-order chi connectivity index (χ0) is 16.9. The summed E-state index contributed by atoms with van der Waals surface area (Å²) < 4.78 is 4.97. The van der Waals surface area contributed by atoms with Gasteiger partial charge in [0.05, 0.1) is 12.0 Å². The van der Waals surface area contributed by atoms with E-state index in [2.05, 4.69) is 5.32 Å². The van der Waals surface area contributed by atoms with E-state index in [0.29, 0.717) is 10.6 Å². The molecule has 0 fully saturated rings. The van der Waals surface area contributed by atoms with Gasteiger partial charge in [-0.05, 0) is 45.0 Å². The third-order valence-corrected chi connectivity index (χ3v) is 3.54. The second kappa shape index (κ2) is 7.40. The van der Waals surface area contributed by atoms with Crippen LogP contribution in [0.25, 0.3) is 0 Å². The number of esters is 1. The van der Waals surface area contributed by atoms with Gasteiger partial charge in [-0.3, -0.25) is 9.59 Å². The molecule has 1 rings (SSSR count). The van der Waals surface area contributed by atoms with Gasteiger partial charge in [-0.1, -0.05) is 11.6 Å². The number of rotatable bonds is 6. The average molecular weight is 326 g/mol. The Balaban J connectivity index is 3.13. The monoisotopic (exact) mass is 325 g/mol. The van der Waals surface area contributed by atoms with Crippen LogP contribution < -0.4 is 5.32 Å². The molecule has 6 heteroatoms. The minimum absolute atomic E-state index is 0.167. The highest BCUT2D eigenvalue weighted by Crippen LogP contribution is 2.28. The number of amides is 1. The number of nitrogens with one attached hydrogen (secondary N) is 1. The number of Topliss-reactive ketones (excluding diaryl/α,β-unsaturated/α-hetero) is 1. The summed E-state index contributed by atoms with van der Waals surface area (Å²) in [6.45, 7) is 6.31. The Hall–Kier alpha value is -1.88. The highest BCUT2D eigenvalue weighted by atomic mass is 35.5. The number of hydrogen-bond donors (Lipinski definition) is 1. The minimum atomic E-state index is -1.16. The van der Waals surface area contributed by atoms with Gasteiger partial charge in [0.25, 0.3) is 0 Å². The van der Waals surface area contributed by atoms with E-state index in [-0.39, 0.29) is 12.4 Å². The summed E-state index contributed by atoms with van der Waals surface area (Å²) in [5, 5.41) is 3.02. The smallest absolute Gasteiger partial charge is 0.329 e. The van der Waals surface area contributed by atoms with E-state index < -0.39 is 23.3 Å². The molecule has 0 saturated heterocycles. The Kier molecular flexibility index (Phi) is 6.11. The van der Waals surface area contributed by atoms with Crippen LogP contribution in [0.2, 0.25) is 5.02 Å². The molecule has 0 aliphatic heterocycles. The zero-order valence-electron chi connectivity index (χ0n) is 13.1. The lowest BCUT2D eigenvalue weighted by Gasteiger charge is -2.31. The summed E-state index contributed by atoms with van der Waals surface area (Å²) in [6.07, 6.45) is 0. The molecule has 120 valence electrons. The predicted octanol–water partition coefficient (Wildman–Crippen LogP) is 2.62. The summed E-state index contributed by atoms with van der Waals surface area (Å²) in [7, 11) is 0. The molecule has 0 spiro atoms. The fourth-order valence-corrected chi connectivity index (χ4v) is 2.19. The molecule has 0 heterocycles. The minimum Gasteiger partial charge on any atom is -0.464 e. The Morgan fingerprint density at radius 1 is 1.23 bits per heavy atom. The summed E-state index contributed by atoms with van der Waals surface area (Å²) in [5.74, 6) is -1.32. The Morgan fingerprint density at radius 2 is 1.77 bits per heavy atom. The zero-order valence-corrected chi connectivity index (χ0v) is 13.9. The number of benzene rings is 1. The Labute approximate surface area is 135 Å². The van der Waals surface area contributed by atoms with Gasteiger partial charge >= 0.3 is 5.97 Å². The number of ketones is 1. The quantitative estimate of drug-likeness (QED) is 0.644. The van der Waals surface area contributed by atoms with Gasteiger partial charge in [0.2, 0.25) is 5.91 Å². The molecule has 1 aromatic carbocycles. The molecule has 0 unspecified atom stereocenters. The lowest BCUT2D eigenvalue weighted by molar-refractivity contribution is -0.149. The van der Waals surface area contributed by atoms with Crippen molar-refractivity contribution in [2.24, 2.45) is 5.41 Å². The van der Waals surface area contributed by atoms with Gasteiger partial charge in [-0.2, -0.15) is 0 Å². The fraction of sp³-hybridized carbons (Fsp3) is 0.438. The third kappa shape index (κ3) is 4.31. The van der Waals surface area contributed by atoms with Crippen LogP contribution in [0.3, 0.4) is 0 Å². The van der Waals surface area contributed by atoms with E-state index in [1.165, 1.54) is 6.92 Å². The normalized spacial score (nSPS) is 12.4. The van der Waals surface area contributed by atoms with Crippen LogP contribution in [0.4, 0.5) is 0 Å². The van der Waals surface area contributed by atoms with Crippen LogP contribution in [0.15, 0.2) is 24.3 Å². The molecule has 1 amide bonds. The van der Waals surface area contributed by atoms with Crippen molar-refractivity contribution in [2.75, 3.05) is 6.61 Å². The largest absolute Gasteiger partial charge is 0.464 e. The molecular weight excluding hydrogens is 306 g/mol. The maximum Gasteiger partial charge on any atom is 0.329 e. The van der Waals surface area contributed by atoms with E-state index in [0.717, 1.165) is 0 Å². The fourth-order valence-electron chi connectivity index (χ4n) is 2.07. The van der Waals surface area contributed by atoms with E-state index in [1.807, 2.05) is 0 Å². The topological polar surface area (TPSA) is 72.5 Å². The maximum atomic E-state index is 12.7. The predicted molar refractivity (Wildman–Crippen MR) is 83.8 cm³/mol. The van der Waals surface area contributed by atoms with Crippen molar-refractivity contribution in [2.45, 2.75) is 33.7 Å². The van der Waals surface area contributed by atoms with Crippen molar-refractivity contribution in [3.63, 3.8) is 0 Å². The van der Waals surface area contributed by atoms with E-state index in [1.54, 1.807) is 45.0 Å². The van der Waals surface area contributed by atoms with Crippen molar-refractivity contribution < 1.29 is 19.1 Å². The molecule has 0 bridgehead atoms. The van der Waals surface area contributed by atoms with Crippen molar-refractivity contribution in [3.05, 3.63) is 34.9 Å². The first-order valence-corrected chi connectivity index (χ1v) is 7.32. The average Bonchev–Trinajstić information content (AvgIpc) is 2.44. The van der Waals surface area contributed by atoms with Crippen molar-refractivity contribution in [3.8, 4) is 0 Å². The van der Waals surface area contributed by atoms with E-state index in [9.17, 15) is 14.4 Å². The molecular formula is C16H20ClNO4. The molecule has 0 aliphatic rings. The number of halogens is 1. The molecule has 0 aromatic heterocycles. The molecule has 0 radical (unpaired) electrons. The first-order valence-electron chi connectivity index (χ1n) is 6.94. The van der Waals surface area contributed by atoms with Gasteiger partial charge in [0.15, 0.2) is 5.78 Å². The SMILES string of the molecule is CCOC(=O)[C@H](NC(C)=O)C(C)(C)C(=O)c1ccc(Cl)cc1. The second-order valence-electron chi connectivity index (χ2n) is 5.44. The van der Waals surface area contributed by atoms with Crippen molar-refractivity contribution in [1.82, 2.24) is 5.32 Å². The highest BCUT2D eigenvalue weighted by molar-refractivity contribution is 6.30.